The lowest BCUT2D eigenvalue weighted by Gasteiger charge is -2.29. The first kappa shape index (κ1) is 8.73. The summed E-state index contributed by atoms with van der Waals surface area (Å²) in [6.07, 6.45) is 2.26. The zero-order chi connectivity index (χ0) is 9.10. The van der Waals surface area contributed by atoms with Gasteiger partial charge in [0.25, 0.3) is 0 Å². The van der Waals surface area contributed by atoms with Gasteiger partial charge in [0.15, 0.2) is 0 Å². The molecule has 2 rings (SSSR count). The van der Waals surface area contributed by atoms with E-state index in [1.807, 2.05) is 0 Å². The lowest BCUT2D eigenvalue weighted by molar-refractivity contribution is 0.381. The van der Waals surface area contributed by atoms with E-state index in [4.69, 9.17) is 5.73 Å². The van der Waals surface area contributed by atoms with Crippen molar-refractivity contribution in [3.63, 3.8) is 0 Å². The van der Waals surface area contributed by atoms with Crippen LogP contribution in [0, 0.1) is 0 Å². The Morgan fingerprint density at radius 1 is 1.38 bits per heavy atom. The van der Waals surface area contributed by atoms with Crippen LogP contribution in [0.25, 0.3) is 0 Å². The normalized spacial score (nSPS) is 21.2. The molecule has 0 radical (unpaired) electrons. The molecule has 1 atom stereocenters. The van der Waals surface area contributed by atoms with E-state index in [9.17, 15) is 0 Å². The summed E-state index contributed by atoms with van der Waals surface area (Å²) in [6.45, 7) is 1.89. The van der Waals surface area contributed by atoms with E-state index in [1.54, 1.807) is 0 Å². The third kappa shape index (κ3) is 1.74. The van der Waals surface area contributed by atoms with Crippen molar-refractivity contribution in [1.82, 2.24) is 5.32 Å². The highest BCUT2D eigenvalue weighted by molar-refractivity contribution is 5.31. The molecule has 0 spiro atoms. The minimum Gasteiger partial charge on any atom is -0.330 e. The molecule has 13 heavy (non-hydrogen) atoms. The lowest BCUT2D eigenvalue weighted by Crippen LogP contribution is -2.35. The van der Waals surface area contributed by atoms with Crippen LogP contribution in [0.5, 0.6) is 0 Å². The predicted octanol–water partition coefficient (Wildman–Crippen LogP) is 1.22. The average molecular weight is 176 g/mol. The maximum atomic E-state index is 5.57. The van der Waals surface area contributed by atoms with E-state index in [2.05, 4.69) is 29.6 Å². The molecule has 70 valence electrons. The first-order chi connectivity index (χ1) is 6.42. The quantitative estimate of drug-likeness (QED) is 0.726. The standard InChI is InChI=1S/C11H16N2/c12-7-5-9-3-1-2-4-10(9)11-6-8-13-11/h1-4,11,13H,5-8,12H2/t11-/m1/s1. The zero-order valence-electron chi connectivity index (χ0n) is 7.79. The first-order valence-corrected chi connectivity index (χ1v) is 4.93. The molecular formula is C11H16N2. The molecule has 1 aromatic carbocycles. The number of hydrogen-bond acceptors (Lipinski definition) is 2. The van der Waals surface area contributed by atoms with Crippen LogP contribution in [0.2, 0.25) is 0 Å². The van der Waals surface area contributed by atoms with Gasteiger partial charge in [-0.25, -0.2) is 0 Å². The van der Waals surface area contributed by atoms with Crippen molar-refractivity contribution in [2.24, 2.45) is 5.73 Å². The largest absolute Gasteiger partial charge is 0.330 e. The van der Waals surface area contributed by atoms with Crippen molar-refractivity contribution >= 4 is 0 Å². The zero-order valence-corrected chi connectivity index (χ0v) is 7.79. The summed E-state index contributed by atoms with van der Waals surface area (Å²) in [5.41, 5.74) is 8.42. The molecule has 0 aromatic heterocycles. The maximum Gasteiger partial charge on any atom is 0.0335 e. The van der Waals surface area contributed by atoms with E-state index in [-0.39, 0.29) is 0 Å². The molecule has 1 aliphatic rings. The van der Waals surface area contributed by atoms with Crippen molar-refractivity contribution in [2.75, 3.05) is 13.1 Å². The number of hydrogen-bond donors (Lipinski definition) is 2. The Morgan fingerprint density at radius 2 is 2.15 bits per heavy atom. The summed E-state index contributed by atoms with van der Waals surface area (Å²) in [5, 5.41) is 3.42. The minimum atomic E-state index is 0.586. The highest BCUT2D eigenvalue weighted by Crippen LogP contribution is 2.25. The number of nitrogens with one attached hydrogen (secondary N) is 1. The average Bonchev–Trinajstić information content (AvgIpc) is 2.05. The van der Waals surface area contributed by atoms with Gasteiger partial charge in [-0.2, -0.15) is 0 Å². The van der Waals surface area contributed by atoms with E-state index >= 15 is 0 Å². The Labute approximate surface area is 79.1 Å². The minimum absolute atomic E-state index is 0.586. The number of rotatable bonds is 3. The van der Waals surface area contributed by atoms with Gasteiger partial charge in [-0.05, 0) is 37.1 Å². The van der Waals surface area contributed by atoms with Crippen LogP contribution in [0.3, 0.4) is 0 Å². The Kier molecular flexibility index (Phi) is 2.62. The molecule has 1 heterocycles. The Bertz CT molecular complexity index is 279. The first-order valence-electron chi connectivity index (χ1n) is 4.93. The molecule has 1 fully saturated rings. The maximum absolute atomic E-state index is 5.57. The van der Waals surface area contributed by atoms with Crippen molar-refractivity contribution in [1.29, 1.82) is 0 Å². The summed E-state index contributed by atoms with van der Waals surface area (Å²) < 4.78 is 0. The summed E-state index contributed by atoms with van der Waals surface area (Å²) in [7, 11) is 0. The summed E-state index contributed by atoms with van der Waals surface area (Å²) >= 11 is 0. The van der Waals surface area contributed by atoms with Crippen LogP contribution in [0.1, 0.15) is 23.6 Å². The van der Waals surface area contributed by atoms with Crippen LogP contribution < -0.4 is 11.1 Å². The predicted molar refractivity (Wildman–Crippen MR) is 54.6 cm³/mol. The summed E-state index contributed by atoms with van der Waals surface area (Å²) in [5.74, 6) is 0. The summed E-state index contributed by atoms with van der Waals surface area (Å²) in [6, 6.07) is 9.18. The van der Waals surface area contributed by atoms with Gasteiger partial charge in [0.1, 0.15) is 0 Å². The molecule has 2 heteroatoms. The molecular weight excluding hydrogens is 160 g/mol. The van der Waals surface area contributed by atoms with Gasteiger partial charge in [-0.1, -0.05) is 24.3 Å². The highest BCUT2D eigenvalue weighted by Gasteiger charge is 2.20. The fraction of sp³-hybridized carbons (Fsp3) is 0.455. The van der Waals surface area contributed by atoms with Gasteiger partial charge in [-0.3, -0.25) is 0 Å². The Morgan fingerprint density at radius 3 is 2.77 bits per heavy atom. The smallest absolute Gasteiger partial charge is 0.0335 e. The number of benzene rings is 1. The van der Waals surface area contributed by atoms with Crippen molar-refractivity contribution in [3.05, 3.63) is 35.4 Å². The molecule has 1 saturated heterocycles. The second kappa shape index (κ2) is 3.90. The van der Waals surface area contributed by atoms with Gasteiger partial charge in [0, 0.05) is 6.04 Å². The fourth-order valence-corrected chi connectivity index (χ4v) is 1.81. The molecule has 0 bridgehead atoms. The second-order valence-electron chi connectivity index (χ2n) is 3.53. The molecule has 1 aromatic rings. The van der Waals surface area contributed by atoms with Crippen LogP contribution in [0.15, 0.2) is 24.3 Å². The SMILES string of the molecule is NCCc1ccccc1[C@H]1CCN1. The molecule has 0 aliphatic carbocycles. The van der Waals surface area contributed by atoms with E-state index < -0.39 is 0 Å². The second-order valence-corrected chi connectivity index (χ2v) is 3.53. The third-order valence-electron chi connectivity index (χ3n) is 2.67. The topological polar surface area (TPSA) is 38.0 Å². The van der Waals surface area contributed by atoms with E-state index in [0.717, 1.165) is 19.5 Å². The van der Waals surface area contributed by atoms with Gasteiger partial charge in [0.05, 0.1) is 0 Å². The van der Waals surface area contributed by atoms with Crippen LogP contribution in [-0.2, 0) is 6.42 Å². The summed E-state index contributed by atoms with van der Waals surface area (Å²) in [4.78, 5) is 0. The van der Waals surface area contributed by atoms with Crippen LogP contribution in [0.4, 0.5) is 0 Å². The molecule has 2 nitrogen and oxygen atoms in total. The van der Waals surface area contributed by atoms with Gasteiger partial charge >= 0.3 is 0 Å². The molecule has 1 aliphatic heterocycles. The van der Waals surface area contributed by atoms with Crippen molar-refractivity contribution < 1.29 is 0 Å². The number of nitrogens with two attached hydrogens (primary N) is 1. The van der Waals surface area contributed by atoms with E-state index in [0.29, 0.717) is 6.04 Å². The lowest BCUT2D eigenvalue weighted by atomic mass is 9.92. The van der Waals surface area contributed by atoms with Crippen molar-refractivity contribution in [3.8, 4) is 0 Å². The van der Waals surface area contributed by atoms with E-state index in [1.165, 1.54) is 17.5 Å². The Hall–Kier alpha value is -0.860. The van der Waals surface area contributed by atoms with Gasteiger partial charge in [0.2, 0.25) is 0 Å². The third-order valence-corrected chi connectivity index (χ3v) is 2.67. The van der Waals surface area contributed by atoms with Gasteiger partial charge < -0.3 is 11.1 Å². The van der Waals surface area contributed by atoms with Crippen LogP contribution >= 0.6 is 0 Å². The molecule has 3 N–H and O–H groups in total. The fourth-order valence-electron chi connectivity index (χ4n) is 1.81. The monoisotopic (exact) mass is 176 g/mol. The molecule has 0 saturated carbocycles. The molecule has 0 unspecified atom stereocenters. The van der Waals surface area contributed by atoms with Crippen LogP contribution in [-0.4, -0.2) is 13.1 Å². The van der Waals surface area contributed by atoms with Gasteiger partial charge in [-0.15, -0.1) is 0 Å². The highest BCUT2D eigenvalue weighted by atomic mass is 15.0. The Balaban J connectivity index is 2.20. The van der Waals surface area contributed by atoms with Crippen molar-refractivity contribution in [2.45, 2.75) is 18.9 Å². The molecule has 0 amide bonds.